The van der Waals surface area contributed by atoms with Crippen LogP contribution in [0.15, 0.2) is 47.6 Å². The van der Waals surface area contributed by atoms with E-state index in [-0.39, 0.29) is 11.4 Å². The molecule has 0 spiro atoms. The van der Waals surface area contributed by atoms with Crippen LogP contribution in [0, 0.1) is 10.1 Å². The van der Waals surface area contributed by atoms with Gasteiger partial charge in [0.1, 0.15) is 5.69 Å². The minimum atomic E-state index is -0.486. The molecule has 0 saturated heterocycles. The van der Waals surface area contributed by atoms with E-state index in [9.17, 15) is 10.1 Å². The van der Waals surface area contributed by atoms with Gasteiger partial charge in [-0.1, -0.05) is 41.4 Å². The topological polar surface area (TPSA) is 67.5 Å². The molecule has 0 saturated carbocycles. The summed E-state index contributed by atoms with van der Waals surface area (Å²) >= 11 is 12.0. The number of nitro benzene ring substituents is 1. The van der Waals surface area contributed by atoms with Gasteiger partial charge in [-0.25, -0.2) is 0 Å². The zero-order valence-corrected chi connectivity index (χ0v) is 11.6. The lowest BCUT2D eigenvalue weighted by Gasteiger charge is -2.02. The van der Waals surface area contributed by atoms with Crippen LogP contribution in [0.2, 0.25) is 10.0 Å². The largest absolute Gasteiger partial charge is 0.294 e. The van der Waals surface area contributed by atoms with Crippen LogP contribution in [0.1, 0.15) is 5.56 Å². The van der Waals surface area contributed by atoms with E-state index in [1.54, 1.807) is 36.4 Å². The molecule has 2 rings (SSSR count). The summed E-state index contributed by atoms with van der Waals surface area (Å²) in [5.41, 5.74) is 3.38. The number of para-hydroxylation sites is 2. The van der Waals surface area contributed by atoms with Crippen molar-refractivity contribution in [3.63, 3.8) is 0 Å². The first-order chi connectivity index (χ1) is 9.59. The summed E-state index contributed by atoms with van der Waals surface area (Å²) < 4.78 is 0. The highest BCUT2D eigenvalue weighted by atomic mass is 35.5. The van der Waals surface area contributed by atoms with Crippen LogP contribution in [0.25, 0.3) is 0 Å². The highest BCUT2D eigenvalue weighted by Gasteiger charge is 2.11. The van der Waals surface area contributed by atoms with Crippen molar-refractivity contribution in [2.45, 2.75) is 0 Å². The molecule has 2 aromatic carbocycles. The fourth-order valence-electron chi connectivity index (χ4n) is 1.53. The molecular weight excluding hydrogens is 301 g/mol. The molecule has 0 fully saturated rings. The Labute approximate surface area is 125 Å². The minimum Gasteiger partial charge on any atom is -0.272 e. The number of rotatable bonds is 4. The zero-order chi connectivity index (χ0) is 14.5. The van der Waals surface area contributed by atoms with Crippen molar-refractivity contribution in [3.8, 4) is 0 Å². The highest BCUT2D eigenvalue weighted by Crippen LogP contribution is 2.24. The third-order valence-electron chi connectivity index (χ3n) is 2.48. The second kappa shape index (κ2) is 6.36. The van der Waals surface area contributed by atoms with Gasteiger partial charge < -0.3 is 0 Å². The van der Waals surface area contributed by atoms with Gasteiger partial charge in [0, 0.05) is 11.6 Å². The Morgan fingerprint density at radius 3 is 2.40 bits per heavy atom. The van der Waals surface area contributed by atoms with Crippen LogP contribution in [0.5, 0.6) is 0 Å². The Kier molecular flexibility index (Phi) is 4.55. The summed E-state index contributed by atoms with van der Waals surface area (Å²) in [6.45, 7) is 0. The molecule has 20 heavy (non-hydrogen) atoms. The van der Waals surface area contributed by atoms with Crippen molar-refractivity contribution >= 4 is 40.8 Å². The second-order valence-corrected chi connectivity index (χ2v) is 4.59. The van der Waals surface area contributed by atoms with Gasteiger partial charge in [-0.2, -0.15) is 5.10 Å². The molecule has 0 aromatic heterocycles. The molecule has 102 valence electrons. The van der Waals surface area contributed by atoms with E-state index in [0.29, 0.717) is 15.6 Å². The monoisotopic (exact) mass is 309 g/mol. The lowest BCUT2D eigenvalue weighted by Crippen LogP contribution is -1.97. The normalized spacial score (nSPS) is 10.7. The van der Waals surface area contributed by atoms with Gasteiger partial charge in [0.05, 0.1) is 21.2 Å². The summed E-state index contributed by atoms with van der Waals surface area (Å²) in [5.74, 6) is 0. The number of benzene rings is 2. The van der Waals surface area contributed by atoms with Crippen LogP contribution >= 0.6 is 23.2 Å². The van der Waals surface area contributed by atoms with Crippen molar-refractivity contribution < 1.29 is 4.92 Å². The Morgan fingerprint density at radius 1 is 1.10 bits per heavy atom. The first-order valence-corrected chi connectivity index (χ1v) is 6.31. The number of hydrogen-bond acceptors (Lipinski definition) is 4. The summed E-state index contributed by atoms with van der Waals surface area (Å²) in [7, 11) is 0. The Bertz CT molecular complexity index is 654. The third kappa shape index (κ3) is 3.26. The van der Waals surface area contributed by atoms with Crippen molar-refractivity contribution in [1.29, 1.82) is 0 Å². The molecule has 0 radical (unpaired) electrons. The van der Waals surface area contributed by atoms with Crippen LogP contribution < -0.4 is 5.43 Å². The van der Waals surface area contributed by atoms with Crippen LogP contribution in [-0.4, -0.2) is 11.1 Å². The molecule has 2 aromatic rings. The first kappa shape index (κ1) is 14.3. The van der Waals surface area contributed by atoms with Gasteiger partial charge in [-0.05, 0) is 18.2 Å². The van der Waals surface area contributed by atoms with Crippen molar-refractivity contribution in [2.24, 2.45) is 5.10 Å². The van der Waals surface area contributed by atoms with Crippen LogP contribution in [0.3, 0.4) is 0 Å². The maximum absolute atomic E-state index is 10.8. The Hall–Kier alpha value is -2.11. The number of nitro groups is 1. The molecule has 0 bridgehead atoms. The van der Waals surface area contributed by atoms with Gasteiger partial charge in [-0.15, -0.1) is 0 Å². The highest BCUT2D eigenvalue weighted by molar-refractivity contribution is 6.38. The van der Waals surface area contributed by atoms with Gasteiger partial charge in [0.15, 0.2) is 0 Å². The smallest absolute Gasteiger partial charge is 0.272 e. The van der Waals surface area contributed by atoms with Crippen molar-refractivity contribution in [1.82, 2.24) is 0 Å². The number of hydrazone groups is 1. The summed E-state index contributed by atoms with van der Waals surface area (Å²) in [4.78, 5) is 10.3. The summed E-state index contributed by atoms with van der Waals surface area (Å²) in [6, 6.07) is 11.3. The van der Waals surface area contributed by atoms with E-state index in [1.165, 1.54) is 12.3 Å². The maximum Gasteiger partial charge on any atom is 0.294 e. The minimum absolute atomic E-state index is 0.0603. The number of anilines is 1. The van der Waals surface area contributed by atoms with E-state index in [2.05, 4.69) is 10.5 Å². The molecular formula is C13H9Cl2N3O2. The lowest BCUT2D eigenvalue weighted by molar-refractivity contribution is -0.384. The van der Waals surface area contributed by atoms with Gasteiger partial charge in [0.2, 0.25) is 0 Å². The van der Waals surface area contributed by atoms with E-state index in [0.717, 1.165) is 0 Å². The molecule has 1 N–H and O–H groups in total. The average Bonchev–Trinajstić information content (AvgIpc) is 2.42. The molecule has 0 atom stereocenters. The number of nitrogens with zero attached hydrogens (tertiary/aromatic N) is 2. The van der Waals surface area contributed by atoms with E-state index >= 15 is 0 Å². The predicted molar refractivity (Wildman–Crippen MR) is 80.8 cm³/mol. The third-order valence-corrected chi connectivity index (χ3v) is 3.14. The van der Waals surface area contributed by atoms with Gasteiger partial charge in [-0.3, -0.25) is 15.5 Å². The molecule has 0 heterocycles. The van der Waals surface area contributed by atoms with E-state index < -0.39 is 4.92 Å². The quantitative estimate of drug-likeness (QED) is 0.518. The molecule has 0 amide bonds. The van der Waals surface area contributed by atoms with Crippen LogP contribution in [-0.2, 0) is 0 Å². The zero-order valence-electron chi connectivity index (χ0n) is 10.1. The number of hydrogen-bond donors (Lipinski definition) is 1. The molecule has 0 unspecified atom stereocenters. The summed E-state index contributed by atoms with van der Waals surface area (Å²) in [6.07, 6.45) is 1.42. The lowest BCUT2D eigenvalue weighted by atomic mass is 10.2. The Balaban J connectivity index is 2.21. The number of halogens is 2. The summed E-state index contributed by atoms with van der Waals surface area (Å²) in [5, 5.41) is 15.7. The fourth-order valence-corrected chi connectivity index (χ4v) is 2.02. The predicted octanol–water partition coefficient (Wildman–Crippen LogP) is 4.35. The average molecular weight is 310 g/mol. The first-order valence-electron chi connectivity index (χ1n) is 5.56. The molecule has 5 nitrogen and oxygen atoms in total. The maximum atomic E-state index is 10.8. The number of nitrogens with one attached hydrogen (secondary N) is 1. The Morgan fingerprint density at radius 2 is 1.75 bits per heavy atom. The second-order valence-electron chi connectivity index (χ2n) is 3.78. The van der Waals surface area contributed by atoms with Crippen LogP contribution in [0.4, 0.5) is 11.4 Å². The van der Waals surface area contributed by atoms with Crippen molar-refractivity contribution in [3.05, 3.63) is 68.2 Å². The molecule has 0 aliphatic carbocycles. The van der Waals surface area contributed by atoms with E-state index in [4.69, 9.17) is 23.2 Å². The van der Waals surface area contributed by atoms with E-state index in [1.807, 2.05) is 0 Å². The molecule has 0 aliphatic heterocycles. The van der Waals surface area contributed by atoms with Crippen molar-refractivity contribution in [2.75, 3.05) is 5.43 Å². The van der Waals surface area contributed by atoms with Gasteiger partial charge in [0.25, 0.3) is 5.69 Å². The molecule has 7 heteroatoms. The van der Waals surface area contributed by atoms with Gasteiger partial charge >= 0.3 is 0 Å². The standard InChI is InChI=1S/C13H9Cl2N3O2/c14-10-4-3-5-11(15)9(10)8-16-17-12-6-1-2-7-13(12)18(19)20/h1-8,17H. The molecule has 0 aliphatic rings. The SMILES string of the molecule is O=[N+]([O-])c1ccccc1NN=Cc1c(Cl)cccc1Cl. The fraction of sp³-hybridized carbons (Fsp3) is 0.